The molecule has 3 heteroatoms. The highest BCUT2D eigenvalue weighted by molar-refractivity contribution is 6.60. The molecule has 0 saturated carbocycles. The Morgan fingerprint density at radius 2 is 2.10 bits per heavy atom. The van der Waals surface area contributed by atoms with Gasteiger partial charge in [-0.15, -0.1) is 0 Å². The highest BCUT2D eigenvalue weighted by atomic mass is 28.2. The Morgan fingerprint density at radius 3 is 2.90 bits per heavy atom. The summed E-state index contributed by atoms with van der Waals surface area (Å²) < 4.78 is 0. The number of fused-ring (bicyclic) bond motifs is 1. The lowest BCUT2D eigenvalue weighted by Gasteiger charge is -1.89. The second-order valence-electron chi connectivity index (χ2n) is 2.12. The standard InChI is InChI=1S/C7H5NOSi/c9-7-5-3-1-2-4-6(5)10-8-7/h1-4H,(H,8,9). The first-order valence-electron chi connectivity index (χ1n) is 3.03. The molecule has 0 atom stereocenters. The molecule has 1 aliphatic heterocycles. The lowest BCUT2D eigenvalue weighted by atomic mass is 10.2. The van der Waals surface area contributed by atoms with E-state index in [4.69, 9.17) is 0 Å². The van der Waals surface area contributed by atoms with Gasteiger partial charge in [-0.3, -0.25) is 4.79 Å². The van der Waals surface area contributed by atoms with Crippen molar-refractivity contribution in [3.63, 3.8) is 0 Å². The largest absolute Gasteiger partial charge is 0.374 e. The third-order valence-electron chi connectivity index (χ3n) is 1.48. The Kier molecular flexibility index (Phi) is 1.11. The molecule has 1 aromatic carbocycles. The Labute approximate surface area is 61.2 Å². The van der Waals surface area contributed by atoms with Crippen LogP contribution < -0.4 is 10.2 Å². The van der Waals surface area contributed by atoms with Crippen molar-refractivity contribution in [3.8, 4) is 0 Å². The van der Waals surface area contributed by atoms with Crippen LogP contribution in [0.5, 0.6) is 0 Å². The summed E-state index contributed by atoms with van der Waals surface area (Å²) in [6.07, 6.45) is 0. The average molecular weight is 147 g/mol. The lowest BCUT2D eigenvalue weighted by molar-refractivity contribution is 0.0986. The van der Waals surface area contributed by atoms with E-state index in [9.17, 15) is 4.79 Å². The van der Waals surface area contributed by atoms with Crippen LogP contribution in [0.1, 0.15) is 10.4 Å². The monoisotopic (exact) mass is 147 g/mol. The minimum atomic E-state index is 0.0638. The van der Waals surface area contributed by atoms with E-state index in [1.165, 1.54) is 0 Å². The molecule has 1 aliphatic rings. The molecular formula is C7H5NOSi. The summed E-state index contributed by atoms with van der Waals surface area (Å²) in [4.78, 5) is 13.7. The van der Waals surface area contributed by atoms with Gasteiger partial charge >= 0.3 is 0 Å². The molecule has 0 spiro atoms. The Balaban J connectivity index is 2.61. The molecule has 1 amide bonds. The van der Waals surface area contributed by atoms with Crippen molar-refractivity contribution in [3.05, 3.63) is 29.8 Å². The molecule has 2 radical (unpaired) electrons. The molecule has 10 heavy (non-hydrogen) atoms. The van der Waals surface area contributed by atoms with Gasteiger partial charge in [0.1, 0.15) is 0 Å². The van der Waals surface area contributed by atoms with Crippen LogP contribution in [0.15, 0.2) is 24.3 Å². The van der Waals surface area contributed by atoms with Crippen molar-refractivity contribution < 1.29 is 4.79 Å². The molecule has 0 aromatic heterocycles. The van der Waals surface area contributed by atoms with Crippen LogP contribution in [0.2, 0.25) is 0 Å². The van der Waals surface area contributed by atoms with Gasteiger partial charge < -0.3 is 4.98 Å². The molecule has 1 heterocycles. The fourth-order valence-corrected chi connectivity index (χ4v) is 1.88. The fraction of sp³-hybridized carbons (Fsp3) is 0. The zero-order valence-electron chi connectivity index (χ0n) is 5.22. The number of carbonyl (C=O) groups excluding carboxylic acids is 1. The van der Waals surface area contributed by atoms with E-state index in [2.05, 4.69) is 4.98 Å². The highest BCUT2D eigenvalue weighted by Gasteiger charge is 2.17. The summed E-state index contributed by atoms with van der Waals surface area (Å²) >= 11 is 0. The summed E-state index contributed by atoms with van der Waals surface area (Å²) in [5.41, 5.74) is 0.834. The topological polar surface area (TPSA) is 29.1 Å². The summed E-state index contributed by atoms with van der Waals surface area (Å²) in [5.74, 6) is 0.0638. The van der Waals surface area contributed by atoms with Crippen LogP contribution in [-0.2, 0) is 0 Å². The van der Waals surface area contributed by atoms with E-state index in [0.29, 0.717) is 9.68 Å². The number of hydrogen-bond acceptors (Lipinski definition) is 1. The second kappa shape index (κ2) is 1.95. The molecule has 0 aliphatic carbocycles. The van der Waals surface area contributed by atoms with E-state index in [0.717, 1.165) is 10.8 Å². The van der Waals surface area contributed by atoms with Gasteiger partial charge in [0.2, 0.25) is 15.6 Å². The van der Waals surface area contributed by atoms with E-state index in [-0.39, 0.29) is 5.91 Å². The van der Waals surface area contributed by atoms with Gasteiger partial charge in [0.25, 0.3) is 0 Å². The minimum absolute atomic E-state index is 0.0638. The number of nitrogens with one attached hydrogen (secondary N) is 1. The summed E-state index contributed by atoms with van der Waals surface area (Å²) in [6, 6.07) is 7.66. The maximum atomic E-state index is 11.0. The quantitative estimate of drug-likeness (QED) is 0.500. The number of carbonyl (C=O) groups is 1. The molecule has 2 rings (SSSR count). The Morgan fingerprint density at radius 1 is 1.30 bits per heavy atom. The molecule has 0 fully saturated rings. The predicted octanol–water partition coefficient (Wildman–Crippen LogP) is -0.326. The van der Waals surface area contributed by atoms with Gasteiger partial charge in [0, 0.05) is 5.56 Å². The number of rotatable bonds is 0. The normalized spacial score (nSPS) is 14.6. The molecule has 0 bridgehead atoms. The summed E-state index contributed by atoms with van der Waals surface area (Å²) in [7, 11) is 0.461. The minimum Gasteiger partial charge on any atom is -0.374 e. The van der Waals surface area contributed by atoms with Crippen LogP contribution >= 0.6 is 0 Å². The van der Waals surface area contributed by atoms with Crippen LogP contribution in [0.3, 0.4) is 0 Å². The van der Waals surface area contributed by atoms with Gasteiger partial charge in [0.05, 0.1) is 0 Å². The van der Waals surface area contributed by atoms with Crippen molar-refractivity contribution in [2.75, 3.05) is 0 Å². The first-order chi connectivity index (χ1) is 4.88. The van der Waals surface area contributed by atoms with Crippen LogP contribution in [-0.4, -0.2) is 15.6 Å². The predicted molar refractivity (Wildman–Crippen MR) is 39.3 cm³/mol. The maximum absolute atomic E-state index is 11.0. The smallest absolute Gasteiger partial charge is 0.243 e. The lowest BCUT2D eigenvalue weighted by Crippen LogP contribution is -2.21. The fourth-order valence-electron chi connectivity index (χ4n) is 0.982. The van der Waals surface area contributed by atoms with E-state index < -0.39 is 0 Å². The molecular weight excluding hydrogens is 142 g/mol. The zero-order chi connectivity index (χ0) is 6.97. The van der Waals surface area contributed by atoms with E-state index >= 15 is 0 Å². The van der Waals surface area contributed by atoms with E-state index in [1.54, 1.807) is 0 Å². The van der Waals surface area contributed by atoms with Crippen molar-refractivity contribution in [2.24, 2.45) is 0 Å². The SMILES string of the molecule is O=C1N[Si]c2ccccc21. The molecule has 48 valence electrons. The molecule has 0 saturated heterocycles. The summed E-state index contributed by atoms with van der Waals surface area (Å²) in [5, 5.41) is 1.13. The molecule has 0 unspecified atom stereocenters. The molecule has 1 aromatic rings. The van der Waals surface area contributed by atoms with Crippen LogP contribution in [0.25, 0.3) is 0 Å². The van der Waals surface area contributed by atoms with Crippen LogP contribution in [0, 0.1) is 0 Å². The third kappa shape index (κ3) is 0.674. The van der Waals surface area contributed by atoms with Crippen molar-refractivity contribution in [2.45, 2.75) is 0 Å². The van der Waals surface area contributed by atoms with Crippen LogP contribution in [0.4, 0.5) is 0 Å². The highest BCUT2D eigenvalue weighted by Crippen LogP contribution is 1.98. The number of amides is 1. The first kappa shape index (κ1) is 5.67. The van der Waals surface area contributed by atoms with Crippen molar-refractivity contribution >= 4 is 20.8 Å². The van der Waals surface area contributed by atoms with Gasteiger partial charge in [-0.2, -0.15) is 0 Å². The molecule has 1 N–H and O–H groups in total. The first-order valence-corrected chi connectivity index (χ1v) is 4.03. The van der Waals surface area contributed by atoms with Gasteiger partial charge in [-0.1, -0.05) is 18.2 Å². The maximum Gasteiger partial charge on any atom is 0.243 e. The average Bonchev–Trinajstić information content (AvgIpc) is 2.34. The van der Waals surface area contributed by atoms with Crippen molar-refractivity contribution in [1.29, 1.82) is 0 Å². The second-order valence-corrected chi connectivity index (χ2v) is 3.16. The number of hydrogen-bond donors (Lipinski definition) is 1. The molecule has 2 nitrogen and oxygen atoms in total. The van der Waals surface area contributed by atoms with Gasteiger partial charge in [-0.25, -0.2) is 0 Å². The van der Waals surface area contributed by atoms with Gasteiger partial charge in [-0.05, 0) is 11.3 Å². The summed E-state index contributed by atoms with van der Waals surface area (Å²) in [6.45, 7) is 0. The Hall–Kier alpha value is -1.09. The zero-order valence-corrected chi connectivity index (χ0v) is 6.22. The van der Waals surface area contributed by atoms with E-state index in [1.807, 2.05) is 24.3 Å². The third-order valence-corrected chi connectivity index (χ3v) is 2.54. The Bertz CT molecular complexity index is 285. The number of benzene rings is 1. The van der Waals surface area contributed by atoms with Crippen molar-refractivity contribution in [1.82, 2.24) is 4.98 Å². The van der Waals surface area contributed by atoms with Gasteiger partial charge in [0.15, 0.2) is 0 Å².